The first-order chi connectivity index (χ1) is 27.2. The van der Waals surface area contributed by atoms with Crippen molar-refractivity contribution in [2.75, 3.05) is 46.9 Å². The quantitative estimate of drug-likeness (QED) is 0.0801. The number of carbonyl (C=O) groups is 3. The lowest BCUT2D eigenvalue weighted by atomic mass is 9.93. The van der Waals surface area contributed by atoms with Crippen LogP contribution in [0, 0.1) is 0 Å². The molecule has 0 bridgehead atoms. The minimum atomic E-state index is -0.650. The molecule has 1 aromatic carbocycles. The Bertz CT molecular complexity index is 2000. The molecule has 3 aromatic heterocycles. The number of hydrogen-bond donors (Lipinski definition) is 4. The number of benzene rings is 1. The number of likely N-dealkylation sites (tertiary alicyclic amines) is 1. The number of rotatable bonds is 19. The summed E-state index contributed by atoms with van der Waals surface area (Å²) in [5.74, 6) is 1.50. The second-order valence-corrected chi connectivity index (χ2v) is 14.6. The van der Waals surface area contributed by atoms with Gasteiger partial charge in [-0.05, 0) is 75.1 Å². The van der Waals surface area contributed by atoms with E-state index < -0.39 is 6.10 Å². The van der Waals surface area contributed by atoms with Crippen LogP contribution in [-0.4, -0.2) is 95.4 Å². The highest BCUT2D eigenvalue weighted by Crippen LogP contribution is 2.37. The molecule has 6 rings (SSSR count). The predicted octanol–water partition coefficient (Wildman–Crippen LogP) is 3.95. The molecule has 56 heavy (non-hydrogen) atoms. The van der Waals surface area contributed by atoms with Crippen molar-refractivity contribution in [2.45, 2.75) is 82.8 Å². The Hall–Kier alpha value is -5.28. The number of methoxy groups -OCH3 is 2. The van der Waals surface area contributed by atoms with Gasteiger partial charge in [-0.15, -0.1) is 0 Å². The van der Waals surface area contributed by atoms with E-state index in [1.165, 1.54) is 23.8 Å². The number of fused-ring (bicyclic) bond motifs is 1. The minimum absolute atomic E-state index is 0.0533. The Labute approximate surface area is 326 Å². The molecule has 2 fully saturated rings. The zero-order valence-corrected chi connectivity index (χ0v) is 32.7. The van der Waals surface area contributed by atoms with E-state index >= 15 is 0 Å². The van der Waals surface area contributed by atoms with Crippen molar-refractivity contribution in [3.05, 3.63) is 64.5 Å². The van der Waals surface area contributed by atoms with E-state index in [0.717, 1.165) is 74.1 Å². The van der Waals surface area contributed by atoms with Crippen LogP contribution in [0.5, 0.6) is 17.2 Å². The molecular formula is C41H54N8O7. The standard InChI is InChI=1S/C41H54N8O7/c1-48-26-32(30-24-45-47-39(30)41(48)53)28-20-35(54-2)31(36(21-28)55-3)23-42-25-38(51)43-16-8-6-4-5-7-9-17-49-18-14-27(15-19-49)33-11-10-29(22-44-33)56-34-12-13-37(50)46-40(34)52/h10-11,20-22,24,26-27,34,42H,4-9,12-19,23,25H2,1-3H3,(H,43,51)(H,45,47)(H,46,50,52). The Balaban J connectivity index is 0.813. The fourth-order valence-corrected chi connectivity index (χ4v) is 7.56. The van der Waals surface area contributed by atoms with Gasteiger partial charge in [0.05, 0.1) is 33.2 Å². The van der Waals surface area contributed by atoms with Crippen molar-refractivity contribution < 1.29 is 28.6 Å². The van der Waals surface area contributed by atoms with E-state index in [9.17, 15) is 19.2 Å². The zero-order valence-electron chi connectivity index (χ0n) is 32.7. The highest BCUT2D eigenvalue weighted by atomic mass is 16.5. The number of aryl methyl sites for hydroxylation is 1. The summed E-state index contributed by atoms with van der Waals surface area (Å²) in [5.41, 5.74) is 3.77. The summed E-state index contributed by atoms with van der Waals surface area (Å²) in [6.45, 7) is 4.46. The summed E-state index contributed by atoms with van der Waals surface area (Å²) in [6, 6.07) is 7.68. The third-order valence-corrected chi connectivity index (χ3v) is 10.7. The number of carbonyl (C=O) groups excluding carboxylic acids is 3. The zero-order chi connectivity index (χ0) is 39.4. The highest BCUT2D eigenvalue weighted by molar-refractivity contribution is 6.00. The Morgan fingerprint density at radius 3 is 2.38 bits per heavy atom. The van der Waals surface area contributed by atoms with Gasteiger partial charge in [0.15, 0.2) is 6.10 Å². The summed E-state index contributed by atoms with van der Waals surface area (Å²) < 4.78 is 18.7. The molecule has 2 aliphatic rings. The number of nitrogens with one attached hydrogen (secondary N) is 4. The molecule has 0 spiro atoms. The van der Waals surface area contributed by atoms with E-state index in [4.69, 9.17) is 14.2 Å². The maximum atomic E-state index is 12.6. The number of nitrogens with zero attached hydrogens (tertiary/aromatic N) is 4. The number of hydrogen-bond acceptors (Lipinski definition) is 11. The maximum absolute atomic E-state index is 12.6. The number of ether oxygens (including phenoxy) is 3. The fourth-order valence-electron chi connectivity index (χ4n) is 7.56. The van der Waals surface area contributed by atoms with Crippen molar-refractivity contribution >= 4 is 28.6 Å². The van der Waals surface area contributed by atoms with Gasteiger partial charge in [-0.1, -0.05) is 25.7 Å². The van der Waals surface area contributed by atoms with Gasteiger partial charge in [0.25, 0.3) is 11.5 Å². The molecule has 5 heterocycles. The van der Waals surface area contributed by atoms with E-state index in [1.807, 2.05) is 24.3 Å². The van der Waals surface area contributed by atoms with Crippen molar-refractivity contribution in [2.24, 2.45) is 7.05 Å². The van der Waals surface area contributed by atoms with E-state index in [1.54, 1.807) is 39.9 Å². The lowest BCUT2D eigenvalue weighted by molar-refractivity contribution is -0.138. The third kappa shape index (κ3) is 10.3. The molecule has 3 amide bonds. The van der Waals surface area contributed by atoms with Gasteiger partial charge in [-0.3, -0.25) is 34.6 Å². The molecular weight excluding hydrogens is 716 g/mol. The number of unbranched alkanes of at least 4 members (excludes halogenated alkanes) is 5. The van der Waals surface area contributed by atoms with Crippen LogP contribution in [0.25, 0.3) is 22.0 Å². The van der Waals surface area contributed by atoms with Crippen molar-refractivity contribution in [3.8, 4) is 28.4 Å². The number of H-pyrrole nitrogens is 1. The number of amides is 3. The van der Waals surface area contributed by atoms with Crippen molar-refractivity contribution in [3.63, 3.8) is 0 Å². The van der Waals surface area contributed by atoms with Gasteiger partial charge in [-0.2, -0.15) is 5.10 Å². The maximum Gasteiger partial charge on any atom is 0.276 e. The topological polar surface area (TPSA) is 182 Å². The van der Waals surface area contributed by atoms with Crippen LogP contribution >= 0.6 is 0 Å². The first kappa shape index (κ1) is 40.4. The minimum Gasteiger partial charge on any atom is -0.496 e. The number of aromatic amines is 1. The number of aromatic nitrogens is 4. The first-order valence-electron chi connectivity index (χ1n) is 19.7. The van der Waals surface area contributed by atoms with Crippen LogP contribution < -0.4 is 35.7 Å². The normalized spacial score (nSPS) is 16.5. The summed E-state index contributed by atoms with van der Waals surface area (Å²) in [4.78, 5) is 55.6. The van der Waals surface area contributed by atoms with E-state index in [0.29, 0.717) is 53.6 Å². The Morgan fingerprint density at radius 1 is 0.946 bits per heavy atom. The second kappa shape index (κ2) is 19.5. The van der Waals surface area contributed by atoms with E-state index in [-0.39, 0.29) is 36.2 Å². The van der Waals surface area contributed by atoms with Crippen LogP contribution in [0.3, 0.4) is 0 Å². The summed E-state index contributed by atoms with van der Waals surface area (Å²) in [6.07, 6.45) is 14.1. The van der Waals surface area contributed by atoms with Crippen LogP contribution in [-0.2, 0) is 28.0 Å². The molecule has 1 unspecified atom stereocenters. The van der Waals surface area contributed by atoms with Gasteiger partial charge in [0.2, 0.25) is 11.8 Å². The fraction of sp³-hybridized carbons (Fsp3) is 0.512. The van der Waals surface area contributed by atoms with Crippen molar-refractivity contribution in [1.82, 2.24) is 40.6 Å². The molecule has 4 N–H and O–H groups in total. The molecule has 4 aromatic rings. The average Bonchev–Trinajstić information content (AvgIpc) is 3.71. The average molecular weight is 771 g/mol. The number of piperidine rings is 2. The van der Waals surface area contributed by atoms with E-state index in [2.05, 4.69) is 36.0 Å². The van der Waals surface area contributed by atoms with Gasteiger partial charge < -0.3 is 34.3 Å². The summed E-state index contributed by atoms with van der Waals surface area (Å²) >= 11 is 0. The molecule has 300 valence electrons. The molecule has 0 radical (unpaired) electrons. The lowest BCUT2D eigenvalue weighted by Crippen LogP contribution is -2.46. The molecule has 15 heteroatoms. The van der Waals surface area contributed by atoms with Crippen LogP contribution in [0.2, 0.25) is 0 Å². The van der Waals surface area contributed by atoms with Gasteiger partial charge in [0.1, 0.15) is 22.8 Å². The largest absolute Gasteiger partial charge is 0.496 e. The predicted molar refractivity (Wildman–Crippen MR) is 212 cm³/mol. The third-order valence-electron chi connectivity index (χ3n) is 10.7. The molecule has 2 saturated heterocycles. The molecule has 0 aliphatic carbocycles. The SMILES string of the molecule is COc1cc(-c2cn(C)c(=O)c3[nH]ncc23)cc(OC)c1CNCC(=O)NCCCCCCCCN1CCC(c2ccc(OC3CCC(=O)NC3=O)cn2)CC1. The Kier molecular flexibility index (Phi) is 14.1. The molecule has 0 saturated carbocycles. The van der Waals surface area contributed by atoms with Gasteiger partial charge in [-0.25, -0.2) is 0 Å². The van der Waals surface area contributed by atoms with Gasteiger partial charge in [0, 0.05) is 67.3 Å². The highest BCUT2D eigenvalue weighted by Gasteiger charge is 2.28. The van der Waals surface area contributed by atoms with Gasteiger partial charge >= 0.3 is 0 Å². The number of pyridine rings is 2. The lowest BCUT2D eigenvalue weighted by Gasteiger charge is -2.31. The number of imide groups is 1. The smallest absolute Gasteiger partial charge is 0.276 e. The second-order valence-electron chi connectivity index (χ2n) is 14.6. The van der Waals surface area contributed by atoms with Crippen LogP contribution in [0.4, 0.5) is 0 Å². The molecule has 15 nitrogen and oxygen atoms in total. The first-order valence-corrected chi connectivity index (χ1v) is 19.7. The monoisotopic (exact) mass is 770 g/mol. The summed E-state index contributed by atoms with van der Waals surface area (Å²) in [7, 11) is 4.90. The van der Waals surface area contributed by atoms with Crippen molar-refractivity contribution in [1.29, 1.82) is 0 Å². The summed E-state index contributed by atoms with van der Waals surface area (Å²) in [5, 5.41) is 16.1. The van der Waals surface area contributed by atoms with Crippen LogP contribution in [0.15, 0.2) is 47.7 Å². The Morgan fingerprint density at radius 2 is 1.68 bits per heavy atom. The molecule has 2 aliphatic heterocycles. The van der Waals surface area contributed by atoms with Crippen LogP contribution in [0.1, 0.15) is 81.4 Å². The molecule has 1 atom stereocenters.